The molecule has 0 fully saturated rings. The molecule has 2 amide bonds. The van der Waals surface area contributed by atoms with Crippen molar-refractivity contribution in [1.82, 2.24) is 14.8 Å². The Hall–Kier alpha value is -3.37. The average molecular weight is 474 g/mol. The fourth-order valence-electron chi connectivity index (χ4n) is 2.99. The van der Waals surface area contributed by atoms with Crippen LogP contribution < -0.4 is 11.1 Å². The number of carbonyl (C=O) groups excluding carboxylic acids is 2. The zero-order chi connectivity index (χ0) is 24.0. The highest BCUT2D eigenvalue weighted by Crippen LogP contribution is 2.19. The summed E-state index contributed by atoms with van der Waals surface area (Å²) in [5.41, 5.74) is 8.41. The van der Waals surface area contributed by atoms with Crippen molar-refractivity contribution in [3.8, 4) is 0 Å². The van der Waals surface area contributed by atoms with Crippen LogP contribution in [0.15, 0.2) is 47.3 Å². The first-order chi connectivity index (χ1) is 15.7. The van der Waals surface area contributed by atoms with Gasteiger partial charge in [0, 0.05) is 55.1 Å². The van der Waals surface area contributed by atoms with E-state index in [9.17, 15) is 18.4 Å². The molecule has 3 aromatic rings. The minimum absolute atomic E-state index is 0.146. The summed E-state index contributed by atoms with van der Waals surface area (Å²) in [5, 5.41) is 6.22. The van der Waals surface area contributed by atoms with Gasteiger partial charge in [-0.05, 0) is 48.8 Å². The van der Waals surface area contributed by atoms with Crippen LogP contribution in [0.25, 0.3) is 0 Å². The largest absolute Gasteiger partial charge is 0.398 e. The van der Waals surface area contributed by atoms with Crippen molar-refractivity contribution in [3.05, 3.63) is 75.7 Å². The minimum Gasteiger partial charge on any atom is -0.398 e. The maximum Gasteiger partial charge on any atom is 0.322 e. The van der Waals surface area contributed by atoms with E-state index >= 15 is 0 Å². The molecule has 0 aliphatic carbocycles. The molecular formula is C23H25F2N5O2S. The Kier molecular flexibility index (Phi) is 8.07. The predicted molar refractivity (Wildman–Crippen MR) is 125 cm³/mol. The number of amides is 2. The second kappa shape index (κ2) is 11.0. The van der Waals surface area contributed by atoms with Crippen LogP contribution in [0.1, 0.15) is 21.6 Å². The number of nitrogen functional groups attached to an aromatic ring is 1. The molecule has 0 unspecified atom stereocenters. The first-order valence-corrected chi connectivity index (χ1v) is 11.1. The van der Waals surface area contributed by atoms with Gasteiger partial charge in [-0.3, -0.25) is 9.78 Å². The number of likely N-dealkylation sites (N-methyl/N-ethyl adjacent to an activating group) is 1. The highest BCUT2D eigenvalue weighted by Gasteiger charge is 2.17. The van der Waals surface area contributed by atoms with Gasteiger partial charge in [0.1, 0.15) is 5.69 Å². The number of nitrogens with zero attached hydrogens (tertiary/aromatic N) is 3. The molecule has 33 heavy (non-hydrogen) atoms. The van der Waals surface area contributed by atoms with Crippen LogP contribution in [0.5, 0.6) is 0 Å². The number of nitrogens with two attached hydrogens (primary N) is 1. The Bertz CT molecular complexity index is 1120. The van der Waals surface area contributed by atoms with Gasteiger partial charge in [0.15, 0.2) is 17.4 Å². The van der Waals surface area contributed by atoms with E-state index in [0.717, 1.165) is 23.3 Å². The number of thiophene rings is 1. The van der Waals surface area contributed by atoms with Crippen LogP contribution >= 0.6 is 11.3 Å². The first kappa shape index (κ1) is 24.3. The van der Waals surface area contributed by atoms with Gasteiger partial charge < -0.3 is 20.9 Å². The molecular weight excluding hydrogens is 448 g/mol. The SMILES string of the molecule is CN(C)CCN(Cc1ccc(C(=O)Cc2cscc2N)nc1)C(=O)Nc1ccc(F)c(F)c1. The molecule has 0 bridgehead atoms. The average Bonchev–Trinajstić information content (AvgIpc) is 3.18. The van der Waals surface area contributed by atoms with Gasteiger partial charge in [0.25, 0.3) is 0 Å². The lowest BCUT2D eigenvalue weighted by Crippen LogP contribution is -2.39. The minimum atomic E-state index is -1.04. The van der Waals surface area contributed by atoms with Crippen molar-refractivity contribution in [2.24, 2.45) is 0 Å². The van der Waals surface area contributed by atoms with Crippen molar-refractivity contribution in [3.63, 3.8) is 0 Å². The maximum atomic E-state index is 13.5. The van der Waals surface area contributed by atoms with E-state index in [1.54, 1.807) is 23.7 Å². The lowest BCUT2D eigenvalue weighted by atomic mass is 10.1. The maximum absolute atomic E-state index is 13.5. The molecule has 3 N–H and O–H groups in total. The number of nitrogens with one attached hydrogen (secondary N) is 1. The van der Waals surface area contributed by atoms with Crippen molar-refractivity contribution < 1.29 is 18.4 Å². The molecule has 0 radical (unpaired) electrons. The van der Waals surface area contributed by atoms with Crippen molar-refractivity contribution >= 4 is 34.5 Å². The van der Waals surface area contributed by atoms with Crippen LogP contribution in [0.2, 0.25) is 0 Å². The second-order valence-corrected chi connectivity index (χ2v) is 8.53. The lowest BCUT2D eigenvalue weighted by molar-refractivity contribution is 0.0988. The zero-order valence-corrected chi connectivity index (χ0v) is 19.2. The third-order valence-corrected chi connectivity index (χ3v) is 5.70. The summed E-state index contributed by atoms with van der Waals surface area (Å²) in [6, 6.07) is 6.08. The smallest absolute Gasteiger partial charge is 0.322 e. The first-order valence-electron chi connectivity index (χ1n) is 10.2. The third kappa shape index (κ3) is 6.80. The molecule has 0 aliphatic rings. The Morgan fingerprint density at radius 3 is 2.48 bits per heavy atom. The van der Waals surface area contributed by atoms with Crippen LogP contribution in [-0.2, 0) is 13.0 Å². The second-order valence-electron chi connectivity index (χ2n) is 7.79. The summed E-state index contributed by atoms with van der Waals surface area (Å²) in [5.74, 6) is -2.17. The van der Waals surface area contributed by atoms with E-state index in [1.165, 1.54) is 22.3 Å². The summed E-state index contributed by atoms with van der Waals surface area (Å²) in [7, 11) is 3.77. The topological polar surface area (TPSA) is 91.6 Å². The van der Waals surface area contributed by atoms with Crippen LogP contribution in [-0.4, -0.2) is 53.8 Å². The van der Waals surface area contributed by atoms with E-state index in [4.69, 9.17) is 5.73 Å². The monoisotopic (exact) mass is 473 g/mol. The van der Waals surface area contributed by atoms with Gasteiger partial charge in [-0.15, -0.1) is 11.3 Å². The summed E-state index contributed by atoms with van der Waals surface area (Å²) >= 11 is 1.44. The van der Waals surface area contributed by atoms with E-state index in [0.29, 0.717) is 24.5 Å². The number of Topliss-reactive ketones (excluding diaryl/α,β-unsaturated/α-hetero) is 1. The Balaban J connectivity index is 1.68. The molecule has 174 valence electrons. The Morgan fingerprint density at radius 2 is 1.88 bits per heavy atom. The number of halogens is 2. The standard InChI is InChI=1S/C23H25F2N5O2S/c1-29(2)7-8-30(23(32)28-17-4-5-18(24)19(25)10-17)12-15-3-6-21(27-11-15)22(31)9-16-13-33-14-20(16)26/h3-6,10-11,13-14H,7-9,12,26H2,1-2H3,(H,28,32). The van der Waals surface area contributed by atoms with Crippen LogP contribution in [0.3, 0.4) is 0 Å². The van der Waals surface area contributed by atoms with Crippen molar-refractivity contribution in [2.75, 3.05) is 38.2 Å². The van der Waals surface area contributed by atoms with Gasteiger partial charge >= 0.3 is 6.03 Å². The Labute approximate surface area is 194 Å². The highest BCUT2D eigenvalue weighted by molar-refractivity contribution is 7.08. The van der Waals surface area contributed by atoms with E-state index in [2.05, 4.69) is 10.3 Å². The van der Waals surface area contributed by atoms with Crippen LogP contribution in [0.4, 0.5) is 25.0 Å². The number of carbonyl (C=O) groups is 2. The molecule has 0 atom stereocenters. The zero-order valence-electron chi connectivity index (χ0n) is 18.3. The van der Waals surface area contributed by atoms with Crippen molar-refractivity contribution in [1.29, 1.82) is 0 Å². The van der Waals surface area contributed by atoms with E-state index < -0.39 is 17.7 Å². The predicted octanol–water partition coefficient (Wildman–Crippen LogP) is 4.02. The number of hydrogen-bond donors (Lipinski definition) is 2. The molecule has 2 heterocycles. The van der Waals surface area contributed by atoms with Gasteiger partial charge in [-0.1, -0.05) is 6.07 Å². The van der Waals surface area contributed by atoms with Crippen LogP contribution in [0, 0.1) is 11.6 Å². The number of anilines is 2. The fraction of sp³-hybridized carbons (Fsp3) is 0.261. The summed E-state index contributed by atoms with van der Waals surface area (Å²) < 4.78 is 26.7. The van der Waals surface area contributed by atoms with Gasteiger partial charge in [-0.2, -0.15) is 0 Å². The molecule has 1 aromatic carbocycles. The summed E-state index contributed by atoms with van der Waals surface area (Å²) in [6.45, 7) is 1.21. The third-order valence-electron chi connectivity index (χ3n) is 4.89. The summed E-state index contributed by atoms with van der Waals surface area (Å²) in [6.07, 6.45) is 1.73. The number of benzene rings is 1. The Morgan fingerprint density at radius 1 is 1.09 bits per heavy atom. The van der Waals surface area contributed by atoms with Gasteiger partial charge in [0.2, 0.25) is 0 Å². The molecule has 7 nitrogen and oxygen atoms in total. The molecule has 0 saturated carbocycles. The number of urea groups is 1. The number of ketones is 1. The number of pyridine rings is 1. The fourth-order valence-corrected chi connectivity index (χ4v) is 3.74. The molecule has 0 spiro atoms. The molecule has 0 aliphatic heterocycles. The normalized spacial score (nSPS) is 10.9. The molecule has 3 rings (SSSR count). The van der Waals surface area contributed by atoms with Gasteiger partial charge in [0.05, 0.1) is 0 Å². The molecule has 0 saturated heterocycles. The number of aromatic nitrogens is 1. The quantitative estimate of drug-likeness (QED) is 0.458. The highest BCUT2D eigenvalue weighted by atomic mass is 32.1. The van der Waals surface area contributed by atoms with E-state index in [1.807, 2.05) is 24.4 Å². The molecule has 2 aromatic heterocycles. The summed E-state index contributed by atoms with van der Waals surface area (Å²) in [4.78, 5) is 33.0. The lowest BCUT2D eigenvalue weighted by Gasteiger charge is -2.25. The van der Waals surface area contributed by atoms with Gasteiger partial charge in [-0.25, -0.2) is 13.6 Å². The molecule has 10 heteroatoms. The number of hydrogen-bond acceptors (Lipinski definition) is 6. The van der Waals surface area contributed by atoms with Crippen molar-refractivity contribution in [2.45, 2.75) is 13.0 Å². The van der Waals surface area contributed by atoms with E-state index in [-0.39, 0.29) is 24.4 Å². The number of rotatable bonds is 9.